The van der Waals surface area contributed by atoms with E-state index < -0.39 is 5.54 Å². The number of anilines is 1. The van der Waals surface area contributed by atoms with Gasteiger partial charge in [-0.15, -0.1) is 10.2 Å². The first-order valence-electron chi connectivity index (χ1n) is 8.80. The molecule has 2 aliphatic heterocycles. The van der Waals surface area contributed by atoms with Gasteiger partial charge in [-0.3, -0.25) is 25.1 Å². The minimum atomic E-state index is -0.693. The van der Waals surface area contributed by atoms with E-state index in [9.17, 15) is 9.59 Å². The van der Waals surface area contributed by atoms with Gasteiger partial charge in [-0.05, 0) is 26.2 Å². The fourth-order valence-electron chi connectivity index (χ4n) is 3.15. The van der Waals surface area contributed by atoms with E-state index in [1.54, 1.807) is 0 Å². The van der Waals surface area contributed by atoms with Gasteiger partial charge < -0.3 is 4.90 Å². The van der Waals surface area contributed by atoms with E-state index in [4.69, 9.17) is 0 Å². The lowest BCUT2D eigenvalue weighted by atomic mass is 9.87. The highest BCUT2D eigenvalue weighted by atomic mass is 32.1. The predicted molar refractivity (Wildman–Crippen MR) is 100 cm³/mol. The minimum absolute atomic E-state index is 0.0427. The van der Waals surface area contributed by atoms with Crippen molar-refractivity contribution in [1.29, 1.82) is 0 Å². The van der Waals surface area contributed by atoms with E-state index in [0.29, 0.717) is 37.0 Å². The number of piperidine rings is 1. The molecule has 0 radical (unpaired) electrons. The van der Waals surface area contributed by atoms with Gasteiger partial charge in [0.1, 0.15) is 10.5 Å². The third-order valence-electron chi connectivity index (χ3n) is 4.94. The Morgan fingerprint density at radius 2 is 2.08 bits per heavy atom. The first-order chi connectivity index (χ1) is 12.3. The van der Waals surface area contributed by atoms with E-state index in [-0.39, 0.29) is 17.9 Å². The summed E-state index contributed by atoms with van der Waals surface area (Å²) < 4.78 is 0. The van der Waals surface area contributed by atoms with Crippen molar-refractivity contribution in [1.82, 2.24) is 25.3 Å². The normalized spacial score (nSPS) is 20.6. The highest BCUT2D eigenvalue weighted by Gasteiger charge is 2.47. The van der Waals surface area contributed by atoms with Gasteiger partial charge in [0, 0.05) is 27.2 Å². The number of nitrogens with zero attached hydrogens (tertiary/aromatic N) is 5. The smallest absolute Gasteiger partial charge is 0.254 e. The zero-order chi connectivity index (χ0) is 18.9. The van der Waals surface area contributed by atoms with Gasteiger partial charge in [-0.25, -0.2) is 4.99 Å². The fraction of sp³-hybridized carbons (Fsp3) is 0.688. The molecule has 1 aromatic heterocycles. The van der Waals surface area contributed by atoms with Crippen molar-refractivity contribution in [3.63, 3.8) is 0 Å². The fourth-order valence-corrected chi connectivity index (χ4v) is 3.84. The van der Waals surface area contributed by atoms with Crippen molar-refractivity contribution in [3.8, 4) is 0 Å². The molecule has 1 aromatic rings. The summed E-state index contributed by atoms with van der Waals surface area (Å²) in [6.45, 7) is 5.16. The molecular formula is C16H25N7O2S. The summed E-state index contributed by atoms with van der Waals surface area (Å²) in [5.41, 5.74) is -0.693. The number of aryl methyl sites for hydroxylation is 1. The van der Waals surface area contributed by atoms with E-state index in [0.717, 1.165) is 11.4 Å². The number of hydrogen-bond donors (Lipinski definition) is 2. The Labute approximate surface area is 156 Å². The molecule has 1 saturated heterocycles. The highest BCUT2D eigenvalue weighted by molar-refractivity contribution is 7.15. The van der Waals surface area contributed by atoms with Crippen molar-refractivity contribution >= 4 is 34.2 Å². The van der Waals surface area contributed by atoms with Gasteiger partial charge >= 0.3 is 0 Å². The van der Waals surface area contributed by atoms with Gasteiger partial charge in [-0.2, -0.15) is 0 Å². The number of rotatable bonds is 4. The number of aliphatic imine (C=N–C) groups is 1. The van der Waals surface area contributed by atoms with Crippen LogP contribution in [0, 0.1) is 0 Å². The molecule has 3 rings (SSSR count). The van der Waals surface area contributed by atoms with E-state index in [1.807, 2.05) is 32.8 Å². The van der Waals surface area contributed by atoms with Crippen molar-refractivity contribution in [2.45, 2.75) is 44.7 Å². The Bertz CT molecular complexity index is 722. The average Bonchev–Trinajstić information content (AvgIpc) is 3.20. The molecule has 3 heterocycles. The molecule has 9 nitrogen and oxygen atoms in total. The molecule has 0 saturated carbocycles. The van der Waals surface area contributed by atoms with Crippen LogP contribution in [0.5, 0.6) is 0 Å². The standard InChI is InChI=1S/C16H25N7O2S/c1-5-11-20-21-15(26-11)17-12(24)10(2)23-8-6-16(7-9-23)13(25)18-14(19-16)22(3)4/h10H,5-9H2,1-4H3,(H,17,21,24)(H,18,19,25)/t10-/m0/s1. The SMILES string of the molecule is CCc1nnc(NC(=O)[C@H](C)N2CCC3(CC2)N=C(N(C)C)NC3=O)s1. The van der Waals surface area contributed by atoms with E-state index in [1.165, 1.54) is 11.3 Å². The number of nitrogens with one attached hydrogen (secondary N) is 2. The number of aromatic nitrogens is 2. The molecule has 1 atom stereocenters. The molecule has 1 fully saturated rings. The monoisotopic (exact) mass is 379 g/mol. The second-order valence-corrected chi connectivity index (χ2v) is 7.93. The molecule has 0 unspecified atom stereocenters. The number of hydrogen-bond acceptors (Lipinski definition) is 8. The van der Waals surface area contributed by atoms with Crippen LogP contribution in [0.3, 0.4) is 0 Å². The average molecular weight is 379 g/mol. The second kappa shape index (κ2) is 7.28. The van der Waals surface area contributed by atoms with Crippen LogP contribution in [0.2, 0.25) is 0 Å². The van der Waals surface area contributed by atoms with E-state index >= 15 is 0 Å². The van der Waals surface area contributed by atoms with E-state index in [2.05, 4.69) is 30.7 Å². The van der Waals surface area contributed by atoms with Crippen LogP contribution in [0.4, 0.5) is 5.13 Å². The summed E-state index contributed by atoms with van der Waals surface area (Å²) in [5.74, 6) is 0.462. The van der Waals surface area contributed by atoms with Crippen molar-refractivity contribution in [2.75, 3.05) is 32.5 Å². The van der Waals surface area contributed by atoms with Crippen LogP contribution in [0.15, 0.2) is 4.99 Å². The second-order valence-electron chi connectivity index (χ2n) is 6.87. The first-order valence-corrected chi connectivity index (χ1v) is 9.62. The van der Waals surface area contributed by atoms with Gasteiger partial charge in [0.15, 0.2) is 0 Å². The first kappa shape index (κ1) is 18.7. The van der Waals surface area contributed by atoms with Crippen molar-refractivity contribution in [3.05, 3.63) is 5.01 Å². The Morgan fingerprint density at radius 1 is 1.38 bits per heavy atom. The van der Waals surface area contributed by atoms with Crippen LogP contribution < -0.4 is 10.6 Å². The third kappa shape index (κ3) is 3.56. The van der Waals surface area contributed by atoms with Gasteiger partial charge in [0.05, 0.1) is 6.04 Å². The number of likely N-dealkylation sites (tertiary alicyclic amines) is 1. The number of guanidine groups is 1. The quantitative estimate of drug-likeness (QED) is 0.781. The molecule has 1 spiro atoms. The highest BCUT2D eigenvalue weighted by Crippen LogP contribution is 2.31. The Morgan fingerprint density at radius 3 is 2.62 bits per heavy atom. The van der Waals surface area contributed by atoms with Gasteiger partial charge in [0.25, 0.3) is 5.91 Å². The molecule has 2 aliphatic rings. The summed E-state index contributed by atoms with van der Waals surface area (Å²) in [4.78, 5) is 33.4. The summed E-state index contributed by atoms with van der Waals surface area (Å²) in [5, 5.41) is 15.1. The maximum Gasteiger partial charge on any atom is 0.254 e. The number of carbonyl (C=O) groups excluding carboxylic acids is 2. The van der Waals surface area contributed by atoms with Crippen LogP contribution in [0.1, 0.15) is 31.7 Å². The zero-order valence-corrected chi connectivity index (χ0v) is 16.4. The molecule has 0 aliphatic carbocycles. The molecule has 0 aromatic carbocycles. The summed E-state index contributed by atoms with van der Waals surface area (Å²) >= 11 is 1.40. The number of carbonyl (C=O) groups is 2. The maximum atomic E-state index is 12.5. The van der Waals surface area contributed by atoms with Crippen LogP contribution in [-0.4, -0.2) is 76.5 Å². The molecule has 10 heteroatoms. The lowest BCUT2D eigenvalue weighted by molar-refractivity contribution is -0.126. The van der Waals surface area contributed by atoms with Crippen LogP contribution >= 0.6 is 11.3 Å². The number of amides is 2. The van der Waals surface area contributed by atoms with Gasteiger partial charge in [0.2, 0.25) is 17.0 Å². The van der Waals surface area contributed by atoms with Crippen LogP contribution in [0.25, 0.3) is 0 Å². The maximum absolute atomic E-state index is 12.5. The van der Waals surface area contributed by atoms with Crippen molar-refractivity contribution in [2.24, 2.45) is 4.99 Å². The summed E-state index contributed by atoms with van der Waals surface area (Å²) in [7, 11) is 3.72. The predicted octanol–water partition coefficient (Wildman–Crippen LogP) is 0.310. The Balaban J connectivity index is 1.59. The lowest BCUT2D eigenvalue weighted by Gasteiger charge is -2.37. The Kier molecular flexibility index (Phi) is 5.24. The van der Waals surface area contributed by atoms with Crippen LogP contribution in [-0.2, 0) is 16.0 Å². The summed E-state index contributed by atoms with van der Waals surface area (Å²) in [6.07, 6.45) is 2.01. The largest absolute Gasteiger partial charge is 0.349 e. The minimum Gasteiger partial charge on any atom is -0.349 e. The molecule has 0 bridgehead atoms. The van der Waals surface area contributed by atoms with Crippen molar-refractivity contribution < 1.29 is 9.59 Å². The molecule has 142 valence electrons. The molecular weight excluding hydrogens is 354 g/mol. The Hall–Kier alpha value is -2.07. The summed E-state index contributed by atoms with van der Waals surface area (Å²) in [6, 6.07) is -0.303. The van der Waals surface area contributed by atoms with Gasteiger partial charge in [-0.1, -0.05) is 18.3 Å². The zero-order valence-electron chi connectivity index (χ0n) is 15.6. The lowest BCUT2D eigenvalue weighted by Crippen LogP contribution is -2.53. The third-order valence-corrected chi connectivity index (χ3v) is 5.93. The molecule has 26 heavy (non-hydrogen) atoms. The molecule has 2 N–H and O–H groups in total. The topological polar surface area (TPSA) is 103 Å². The molecule has 2 amide bonds.